The van der Waals surface area contributed by atoms with Gasteiger partial charge in [0.2, 0.25) is 0 Å². The number of rotatable bonds is 5. The lowest BCUT2D eigenvalue weighted by Crippen LogP contribution is -2.04. The number of aryl methyl sites for hydroxylation is 2. The normalized spacial score (nSPS) is 10.4. The van der Waals surface area contributed by atoms with E-state index in [9.17, 15) is 4.79 Å². The number of ether oxygens (including phenoxy) is 1. The fraction of sp³-hybridized carbons (Fsp3) is 0.286. The molecule has 0 spiro atoms. The lowest BCUT2D eigenvalue weighted by Gasteiger charge is -2.06. The van der Waals surface area contributed by atoms with Gasteiger partial charge in [0.05, 0.1) is 18.7 Å². The second kappa shape index (κ2) is 5.56. The van der Waals surface area contributed by atoms with E-state index in [0.29, 0.717) is 5.75 Å². The molecule has 0 fully saturated rings. The van der Waals surface area contributed by atoms with Crippen molar-refractivity contribution in [3.63, 3.8) is 0 Å². The van der Waals surface area contributed by atoms with Gasteiger partial charge in [-0.05, 0) is 31.5 Å². The van der Waals surface area contributed by atoms with Crippen LogP contribution in [0.15, 0.2) is 24.3 Å². The molecule has 0 aliphatic carbocycles. The van der Waals surface area contributed by atoms with Gasteiger partial charge in [-0.2, -0.15) is 5.10 Å². The van der Waals surface area contributed by atoms with Crippen molar-refractivity contribution in [1.29, 1.82) is 0 Å². The first-order valence-corrected chi connectivity index (χ1v) is 6.04. The van der Waals surface area contributed by atoms with Crippen molar-refractivity contribution in [3.05, 3.63) is 35.7 Å². The Bertz CT molecular complexity index is 553. The highest BCUT2D eigenvalue weighted by Gasteiger charge is 2.08. The molecule has 2 aromatic rings. The molecule has 1 aromatic heterocycles. The fourth-order valence-electron chi connectivity index (χ4n) is 1.95. The van der Waals surface area contributed by atoms with Gasteiger partial charge in [0, 0.05) is 11.3 Å². The Hall–Kier alpha value is -2.30. The maximum absolute atomic E-state index is 10.4. The molecule has 1 aromatic carbocycles. The second-order valence-electron chi connectivity index (χ2n) is 4.33. The smallest absolute Gasteiger partial charge is 0.306 e. The number of carboxylic acid groups (broad SMARTS) is 1. The molecule has 0 aliphatic heterocycles. The first kappa shape index (κ1) is 13.1. The van der Waals surface area contributed by atoms with Gasteiger partial charge in [-0.25, -0.2) is 0 Å². The maximum atomic E-state index is 10.4. The summed E-state index contributed by atoms with van der Waals surface area (Å²) in [6.07, 6.45) is 0.00168. The molecule has 2 rings (SSSR count). The Morgan fingerprint density at radius 1 is 1.32 bits per heavy atom. The monoisotopic (exact) mass is 260 g/mol. The SMILES string of the molecule is Cc1n[nH]c(C)c1-c1ccc(OCCC(=O)O)cc1. The zero-order valence-electron chi connectivity index (χ0n) is 10.9. The van der Waals surface area contributed by atoms with Gasteiger partial charge in [-0.3, -0.25) is 9.89 Å². The minimum absolute atomic E-state index is 0.00168. The Kier molecular flexibility index (Phi) is 3.85. The third-order valence-electron chi connectivity index (χ3n) is 2.86. The van der Waals surface area contributed by atoms with E-state index >= 15 is 0 Å². The molecule has 100 valence electrons. The number of carbonyl (C=O) groups is 1. The van der Waals surface area contributed by atoms with Gasteiger partial charge in [-0.1, -0.05) is 12.1 Å². The molecule has 0 bridgehead atoms. The number of aliphatic carboxylic acids is 1. The van der Waals surface area contributed by atoms with Crippen molar-refractivity contribution in [2.75, 3.05) is 6.61 Å². The number of carboxylic acids is 1. The third-order valence-corrected chi connectivity index (χ3v) is 2.86. The molecule has 0 aliphatic rings. The van der Waals surface area contributed by atoms with E-state index in [1.165, 1.54) is 0 Å². The Morgan fingerprint density at radius 2 is 2.00 bits per heavy atom. The number of benzene rings is 1. The number of hydrogen-bond acceptors (Lipinski definition) is 3. The van der Waals surface area contributed by atoms with E-state index < -0.39 is 5.97 Å². The van der Waals surface area contributed by atoms with Crippen LogP contribution in [0.4, 0.5) is 0 Å². The number of H-pyrrole nitrogens is 1. The van der Waals surface area contributed by atoms with Crippen molar-refractivity contribution in [2.24, 2.45) is 0 Å². The molecule has 19 heavy (non-hydrogen) atoms. The standard InChI is InChI=1S/C14H16N2O3/c1-9-14(10(2)16-15-9)11-3-5-12(6-4-11)19-8-7-13(17)18/h3-6H,7-8H2,1-2H3,(H,15,16)(H,17,18). The molecule has 5 nitrogen and oxygen atoms in total. The van der Waals surface area contributed by atoms with Crippen LogP contribution in [0.5, 0.6) is 5.75 Å². The van der Waals surface area contributed by atoms with Crippen LogP contribution in [0, 0.1) is 13.8 Å². The van der Waals surface area contributed by atoms with Gasteiger partial charge in [0.1, 0.15) is 5.75 Å². The van der Waals surface area contributed by atoms with E-state index in [0.717, 1.165) is 22.5 Å². The van der Waals surface area contributed by atoms with Crippen molar-refractivity contribution in [2.45, 2.75) is 20.3 Å². The van der Waals surface area contributed by atoms with Gasteiger partial charge >= 0.3 is 5.97 Å². The average Bonchev–Trinajstić information content (AvgIpc) is 2.70. The molecular weight excluding hydrogens is 244 g/mol. The molecule has 0 unspecified atom stereocenters. The Morgan fingerprint density at radius 3 is 2.53 bits per heavy atom. The van der Waals surface area contributed by atoms with Crippen molar-refractivity contribution < 1.29 is 14.6 Å². The average molecular weight is 260 g/mol. The number of hydrogen-bond donors (Lipinski definition) is 2. The minimum atomic E-state index is -0.860. The zero-order chi connectivity index (χ0) is 13.8. The van der Waals surface area contributed by atoms with Crippen LogP contribution < -0.4 is 4.74 Å². The van der Waals surface area contributed by atoms with E-state index in [1.807, 2.05) is 38.1 Å². The predicted molar refractivity (Wildman–Crippen MR) is 71.2 cm³/mol. The van der Waals surface area contributed by atoms with E-state index in [4.69, 9.17) is 9.84 Å². The van der Waals surface area contributed by atoms with Crippen LogP contribution in [-0.2, 0) is 4.79 Å². The highest BCUT2D eigenvalue weighted by atomic mass is 16.5. The lowest BCUT2D eigenvalue weighted by atomic mass is 10.0. The van der Waals surface area contributed by atoms with Crippen molar-refractivity contribution >= 4 is 5.97 Å². The van der Waals surface area contributed by atoms with Crippen LogP contribution in [0.1, 0.15) is 17.8 Å². The summed E-state index contributed by atoms with van der Waals surface area (Å²) in [7, 11) is 0. The summed E-state index contributed by atoms with van der Waals surface area (Å²) in [5.74, 6) is -0.190. The Balaban J connectivity index is 2.08. The van der Waals surface area contributed by atoms with E-state index in [-0.39, 0.29) is 13.0 Å². The first-order chi connectivity index (χ1) is 9.08. The molecule has 5 heteroatoms. The van der Waals surface area contributed by atoms with Crippen LogP contribution in [-0.4, -0.2) is 27.9 Å². The van der Waals surface area contributed by atoms with Crippen LogP contribution in [0.3, 0.4) is 0 Å². The van der Waals surface area contributed by atoms with Gasteiger partial charge in [0.15, 0.2) is 0 Å². The summed E-state index contributed by atoms with van der Waals surface area (Å²) in [6.45, 7) is 4.11. The van der Waals surface area contributed by atoms with Crippen LogP contribution in [0.2, 0.25) is 0 Å². The Labute approximate surface area is 111 Å². The first-order valence-electron chi connectivity index (χ1n) is 6.04. The molecule has 0 radical (unpaired) electrons. The molecule has 0 amide bonds. The largest absolute Gasteiger partial charge is 0.493 e. The molecule has 1 heterocycles. The number of nitrogens with one attached hydrogen (secondary N) is 1. The zero-order valence-corrected chi connectivity index (χ0v) is 10.9. The minimum Gasteiger partial charge on any atom is -0.493 e. The summed E-state index contributed by atoms with van der Waals surface area (Å²) in [4.78, 5) is 10.4. The highest BCUT2D eigenvalue weighted by molar-refractivity contribution is 5.69. The van der Waals surface area contributed by atoms with E-state index in [1.54, 1.807) is 0 Å². The highest BCUT2D eigenvalue weighted by Crippen LogP contribution is 2.26. The van der Waals surface area contributed by atoms with Gasteiger partial charge in [-0.15, -0.1) is 0 Å². The van der Waals surface area contributed by atoms with Gasteiger partial charge in [0.25, 0.3) is 0 Å². The third kappa shape index (κ3) is 3.13. The number of nitrogens with zero attached hydrogens (tertiary/aromatic N) is 1. The summed E-state index contributed by atoms with van der Waals surface area (Å²) in [5, 5.41) is 15.6. The van der Waals surface area contributed by atoms with Crippen molar-refractivity contribution in [1.82, 2.24) is 10.2 Å². The fourth-order valence-corrected chi connectivity index (χ4v) is 1.95. The molecular formula is C14H16N2O3. The summed E-state index contributed by atoms with van der Waals surface area (Å²) in [5.41, 5.74) is 4.14. The molecule has 2 N–H and O–H groups in total. The molecule has 0 atom stereocenters. The topological polar surface area (TPSA) is 75.2 Å². The quantitative estimate of drug-likeness (QED) is 0.866. The number of aromatic amines is 1. The summed E-state index contributed by atoms with van der Waals surface area (Å²) in [6, 6.07) is 7.56. The van der Waals surface area contributed by atoms with Crippen LogP contribution >= 0.6 is 0 Å². The van der Waals surface area contributed by atoms with Crippen molar-refractivity contribution in [3.8, 4) is 16.9 Å². The summed E-state index contributed by atoms with van der Waals surface area (Å²) >= 11 is 0. The lowest BCUT2D eigenvalue weighted by molar-refractivity contribution is -0.137. The molecule has 0 saturated carbocycles. The van der Waals surface area contributed by atoms with Crippen LogP contribution in [0.25, 0.3) is 11.1 Å². The number of aromatic nitrogens is 2. The summed E-state index contributed by atoms with van der Waals surface area (Å²) < 4.78 is 5.35. The van der Waals surface area contributed by atoms with E-state index in [2.05, 4.69) is 10.2 Å². The second-order valence-corrected chi connectivity index (χ2v) is 4.33. The predicted octanol–water partition coefficient (Wildman–Crippen LogP) is 2.55. The molecule has 0 saturated heterocycles. The van der Waals surface area contributed by atoms with Gasteiger partial charge < -0.3 is 9.84 Å². The maximum Gasteiger partial charge on any atom is 0.306 e.